The fourth-order valence-electron chi connectivity index (χ4n) is 2.86. The van der Waals surface area contributed by atoms with Gasteiger partial charge in [0.1, 0.15) is 11.8 Å². The van der Waals surface area contributed by atoms with Gasteiger partial charge in [0.05, 0.1) is 13.4 Å². The molecule has 2 aromatic heterocycles. The Morgan fingerprint density at radius 1 is 1.11 bits per heavy atom. The third-order valence-corrected chi connectivity index (χ3v) is 3.89. The number of methoxy groups -OCH3 is 1. The second-order valence-electron chi connectivity index (χ2n) is 5.70. The van der Waals surface area contributed by atoms with Crippen LogP contribution in [-0.2, 0) is 33.3 Å². The van der Waals surface area contributed by atoms with Crippen molar-refractivity contribution in [3.05, 3.63) is 12.7 Å². The topological polar surface area (TPSA) is 158 Å². The first-order valence-electron chi connectivity index (χ1n) is 7.84. The van der Waals surface area contributed by atoms with E-state index in [1.165, 1.54) is 24.1 Å². The molecule has 12 nitrogen and oxygen atoms in total. The van der Waals surface area contributed by atoms with Crippen LogP contribution in [0.5, 0.6) is 0 Å². The highest BCUT2D eigenvalue weighted by molar-refractivity contribution is 5.81. The van der Waals surface area contributed by atoms with Crippen LogP contribution >= 0.6 is 0 Å². The third-order valence-electron chi connectivity index (χ3n) is 3.89. The van der Waals surface area contributed by atoms with Gasteiger partial charge in [0, 0.05) is 13.8 Å². The fraction of sp³-hybridized carbons (Fsp3) is 0.467. The summed E-state index contributed by atoms with van der Waals surface area (Å²) in [6.07, 6.45) is -2.18. The number of nitrogens with zero attached hydrogens (tertiary/aromatic N) is 4. The highest BCUT2D eigenvalue weighted by atomic mass is 16.7. The monoisotopic (exact) mass is 379 g/mol. The van der Waals surface area contributed by atoms with Gasteiger partial charge >= 0.3 is 17.9 Å². The van der Waals surface area contributed by atoms with E-state index in [1.54, 1.807) is 0 Å². The Labute approximate surface area is 152 Å². The lowest BCUT2D eigenvalue weighted by Gasteiger charge is -2.23. The van der Waals surface area contributed by atoms with Crippen molar-refractivity contribution in [1.29, 1.82) is 0 Å². The minimum atomic E-state index is -1.31. The van der Waals surface area contributed by atoms with Gasteiger partial charge in [-0.25, -0.2) is 19.7 Å². The molecule has 0 unspecified atom stereocenters. The summed E-state index contributed by atoms with van der Waals surface area (Å²) in [6, 6.07) is 0. The second-order valence-corrected chi connectivity index (χ2v) is 5.70. The number of hydrogen-bond acceptors (Lipinski definition) is 11. The number of fused-ring (bicyclic) bond motifs is 1. The van der Waals surface area contributed by atoms with Crippen LogP contribution in [0.3, 0.4) is 0 Å². The highest BCUT2D eigenvalue weighted by Crippen LogP contribution is 2.36. The lowest BCUT2D eigenvalue weighted by Crippen LogP contribution is -2.42. The maximum Gasteiger partial charge on any atom is 0.339 e. The predicted molar refractivity (Wildman–Crippen MR) is 86.8 cm³/mol. The van der Waals surface area contributed by atoms with Gasteiger partial charge in [-0.15, -0.1) is 0 Å². The zero-order chi connectivity index (χ0) is 19.7. The molecule has 4 atom stereocenters. The van der Waals surface area contributed by atoms with Crippen molar-refractivity contribution in [2.45, 2.75) is 38.4 Å². The van der Waals surface area contributed by atoms with E-state index in [0.29, 0.717) is 5.52 Å². The molecule has 0 amide bonds. The van der Waals surface area contributed by atoms with E-state index in [9.17, 15) is 14.4 Å². The van der Waals surface area contributed by atoms with E-state index >= 15 is 0 Å². The quantitative estimate of drug-likeness (QED) is 0.531. The Hall–Kier alpha value is -3.28. The Bertz CT molecular complexity index is 898. The van der Waals surface area contributed by atoms with Crippen LogP contribution in [0.2, 0.25) is 0 Å². The Balaban J connectivity index is 2.08. The van der Waals surface area contributed by atoms with E-state index in [0.717, 1.165) is 14.0 Å². The summed E-state index contributed by atoms with van der Waals surface area (Å²) in [4.78, 5) is 47.3. The molecule has 12 heteroatoms. The summed E-state index contributed by atoms with van der Waals surface area (Å²) in [5.41, 5.74) is 6.37. The smallest absolute Gasteiger partial charge is 0.339 e. The van der Waals surface area contributed by atoms with Crippen molar-refractivity contribution in [3.8, 4) is 0 Å². The first kappa shape index (κ1) is 18.5. The van der Waals surface area contributed by atoms with Crippen molar-refractivity contribution >= 4 is 34.9 Å². The molecule has 0 bridgehead atoms. The molecule has 1 aliphatic heterocycles. The van der Waals surface area contributed by atoms with Crippen molar-refractivity contribution in [1.82, 2.24) is 19.5 Å². The van der Waals surface area contributed by atoms with Crippen LogP contribution in [-0.4, -0.2) is 62.8 Å². The average molecular weight is 379 g/mol. The molecule has 0 radical (unpaired) electrons. The summed E-state index contributed by atoms with van der Waals surface area (Å²) in [5, 5.41) is 0. The first-order valence-corrected chi connectivity index (χ1v) is 7.84. The molecular weight excluding hydrogens is 362 g/mol. The van der Waals surface area contributed by atoms with Gasteiger partial charge in [0.25, 0.3) is 0 Å². The zero-order valence-electron chi connectivity index (χ0n) is 14.7. The van der Waals surface area contributed by atoms with Gasteiger partial charge < -0.3 is 24.7 Å². The van der Waals surface area contributed by atoms with E-state index in [4.69, 9.17) is 24.7 Å². The number of esters is 3. The van der Waals surface area contributed by atoms with Crippen molar-refractivity contribution < 1.29 is 33.3 Å². The average Bonchev–Trinajstić information content (AvgIpc) is 3.17. The van der Waals surface area contributed by atoms with Crippen LogP contribution < -0.4 is 5.73 Å². The Morgan fingerprint density at radius 3 is 2.41 bits per heavy atom. The van der Waals surface area contributed by atoms with Gasteiger partial charge in [-0.05, 0) is 0 Å². The maximum absolute atomic E-state index is 12.1. The van der Waals surface area contributed by atoms with Gasteiger partial charge in [0.15, 0.2) is 36.0 Å². The summed E-state index contributed by atoms with van der Waals surface area (Å²) >= 11 is 0. The van der Waals surface area contributed by atoms with Crippen molar-refractivity contribution in [2.24, 2.45) is 0 Å². The molecule has 0 aliphatic carbocycles. The van der Waals surface area contributed by atoms with Gasteiger partial charge in [-0.3, -0.25) is 14.2 Å². The largest absolute Gasteiger partial charge is 0.467 e. The lowest BCUT2D eigenvalue weighted by molar-refractivity contribution is -0.169. The summed E-state index contributed by atoms with van der Waals surface area (Å²) < 4.78 is 22.3. The number of carbonyl (C=O) groups is 3. The molecule has 1 aliphatic rings. The molecule has 2 aromatic rings. The molecule has 3 rings (SSSR count). The molecule has 2 N–H and O–H groups in total. The van der Waals surface area contributed by atoms with E-state index in [2.05, 4.69) is 15.0 Å². The number of hydrogen-bond donors (Lipinski definition) is 1. The van der Waals surface area contributed by atoms with E-state index < -0.39 is 42.4 Å². The van der Waals surface area contributed by atoms with Crippen LogP contribution in [0.15, 0.2) is 12.7 Å². The molecule has 0 spiro atoms. The molecule has 0 aromatic carbocycles. The number of imidazole rings is 1. The SMILES string of the molecule is COC(=O)[C@H]1O[C@@H](n2cnc3c(N)ncnc32)[C@H](OC(C)=O)[C@@H]1OC(C)=O. The minimum Gasteiger partial charge on any atom is -0.467 e. The first-order chi connectivity index (χ1) is 12.8. The molecule has 1 fully saturated rings. The normalized spacial score (nSPS) is 24.6. The molecule has 3 heterocycles. The molecular formula is C15H17N5O7. The fourth-order valence-corrected chi connectivity index (χ4v) is 2.86. The van der Waals surface area contributed by atoms with Gasteiger partial charge in [-0.1, -0.05) is 0 Å². The van der Waals surface area contributed by atoms with Crippen molar-refractivity contribution in [2.75, 3.05) is 12.8 Å². The number of anilines is 1. The predicted octanol–water partition coefficient (Wildman–Crippen LogP) is -0.658. The number of rotatable bonds is 4. The maximum atomic E-state index is 12.1. The van der Waals surface area contributed by atoms with Crippen molar-refractivity contribution in [3.63, 3.8) is 0 Å². The minimum absolute atomic E-state index is 0.141. The van der Waals surface area contributed by atoms with E-state index in [-0.39, 0.29) is 11.5 Å². The number of carbonyl (C=O) groups excluding carboxylic acids is 3. The molecule has 1 saturated heterocycles. The summed E-state index contributed by atoms with van der Waals surface area (Å²) in [5.74, 6) is -1.99. The molecule has 144 valence electrons. The number of aromatic nitrogens is 4. The van der Waals surface area contributed by atoms with Crippen LogP contribution in [0.4, 0.5) is 5.82 Å². The molecule has 0 saturated carbocycles. The summed E-state index contributed by atoms with van der Waals surface area (Å²) in [7, 11) is 1.16. The van der Waals surface area contributed by atoms with Crippen LogP contribution in [0, 0.1) is 0 Å². The van der Waals surface area contributed by atoms with E-state index in [1.807, 2.05) is 0 Å². The highest BCUT2D eigenvalue weighted by Gasteiger charge is 2.54. The Morgan fingerprint density at radius 2 is 1.78 bits per heavy atom. The zero-order valence-corrected chi connectivity index (χ0v) is 14.7. The van der Waals surface area contributed by atoms with Crippen LogP contribution in [0.25, 0.3) is 11.2 Å². The summed E-state index contributed by atoms with van der Waals surface area (Å²) in [6.45, 7) is 2.34. The lowest BCUT2D eigenvalue weighted by atomic mass is 10.1. The van der Waals surface area contributed by atoms with Gasteiger partial charge in [0.2, 0.25) is 0 Å². The van der Waals surface area contributed by atoms with Gasteiger partial charge in [-0.2, -0.15) is 0 Å². The number of nitrogens with two attached hydrogens (primary N) is 1. The molecule has 27 heavy (non-hydrogen) atoms. The number of ether oxygens (including phenoxy) is 4. The van der Waals surface area contributed by atoms with Crippen LogP contribution in [0.1, 0.15) is 20.1 Å². The standard InChI is InChI=1S/C15H17N5O7/c1-6(21)25-9-10(26-7(2)22)14(27-11(9)15(23)24-3)20-5-19-8-12(16)17-4-18-13(8)20/h4-5,9-11,14H,1-3H3,(H2,16,17,18)/t9-,10+,11-,14+/m0/s1. The Kier molecular flexibility index (Phi) is 4.90. The second kappa shape index (κ2) is 7.15. The third kappa shape index (κ3) is 3.38. The number of nitrogen functional groups attached to an aromatic ring is 1.